The summed E-state index contributed by atoms with van der Waals surface area (Å²) in [7, 11) is -2.31. The standard InChI is InChI=1S/C44H40S2/c1-6-45(2,3)39-23-15-13-21-35(39)42-34-26-25-32(30-17-9-7-10-18-30)27-37(34)43-36-22-14-16-24-40(36)46(4,5)41-29-33(28-38(42)44(41)43)31-19-11-8-12-20-31/h7-29H,6H2,1-5H3. The van der Waals surface area contributed by atoms with E-state index >= 15 is 0 Å². The van der Waals surface area contributed by atoms with Gasteiger partial charge in [-0.25, -0.2) is 10.0 Å². The van der Waals surface area contributed by atoms with Gasteiger partial charge in [0.05, 0.1) is 0 Å². The Balaban J connectivity index is 1.63. The largest absolute Gasteiger partial charge is 0.220 e. The van der Waals surface area contributed by atoms with E-state index in [9.17, 15) is 0 Å². The highest BCUT2D eigenvalue weighted by Gasteiger charge is 2.33. The Kier molecular flexibility index (Phi) is 6.94. The van der Waals surface area contributed by atoms with E-state index in [1.807, 2.05) is 0 Å². The number of rotatable bonds is 5. The molecule has 0 fully saturated rings. The van der Waals surface area contributed by atoms with Gasteiger partial charge < -0.3 is 0 Å². The van der Waals surface area contributed by atoms with Crippen molar-refractivity contribution in [3.05, 3.63) is 140 Å². The van der Waals surface area contributed by atoms with E-state index in [0.717, 1.165) is 5.75 Å². The summed E-state index contributed by atoms with van der Waals surface area (Å²) in [6.07, 6.45) is 9.96. The highest BCUT2D eigenvalue weighted by molar-refractivity contribution is 8.33. The van der Waals surface area contributed by atoms with E-state index in [-0.39, 0.29) is 0 Å². The SMILES string of the molecule is CCS(C)(C)c1ccccc1-c1c2ccc(-c3ccccc3)cc2c2c3c(cc(-c4ccccc4)cc13)S(C)(C)c1ccccc1-2. The van der Waals surface area contributed by atoms with Crippen LogP contribution in [-0.2, 0) is 0 Å². The maximum absolute atomic E-state index is 2.52. The Bertz CT molecular complexity index is 2280. The van der Waals surface area contributed by atoms with Crippen molar-refractivity contribution in [2.24, 2.45) is 0 Å². The molecule has 0 atom stereocenters. The van der Waals surface area contributed by atoms with Crippen molar-refractivity contribution < 1.29 is 0 Å². The van der Waals surface area contributed by atoms with Crippen LogP contribution in [-0.4, -0.2) is 30.8 Å². The van der Waals surface area contributed by atoms with Crippen molar-refractivity contribution in [3.8, 4) is 44.5 Å². The molecule has 46 heavy (non-hydrogen) atoms. The lowest BCUT2D eigenvalue weighted by molar-refractivity contribution is 1.36. The summed E-state index contributed by atoms with van der Waals surface area (Å²) in [5.74, 6) is 1.15. The monoisotopic (exact) mass is 632 g/mol. The average molecular weight is 633 g/mol. The Labute approximate surface area is 276 Å². The van der Waals surface area contributed by atoms with Gasteiger partial charge in [-0.2, -0.15) is 10.0 Å². The first-order valence-electron chi connectivity index (χ1n) is 16.1. The first-order valence-corrected chi connectivity index (χ1v) is 21.2. The van der Waals surface area contributed by atoms with Crippen LogP contribution in [0.25, 0.3) is 66.1 Å². The smallest absolute Gasteiger partial charge is 0.00324 e. The number of hydrogen-bond acceptors (Lipinski definition) is 0. The predicted molar refractivity (Wildman–Crippen MR) is 207 cm³/mol. The fourth-order valence-electron chi connectivity index (χ4n) is 7.45. The van der Waals surface area contributed by atoms with Crippen molar-refractivity contribution in [2.45, 2.75) is 21.6 Å². The fraction of sp³-hybridized carbons (Fsp3) is 0.136. The van der Waals surface area contributed by atoms with Gasteiger partial charge in [0.2, 0.25) is 0 Å². The summed E-state index contributed by atoms with van der Waals surface area (Å²) in [5.41, 5.74) is 10.6. The molecule has 0 amide bonds. The van der Waals surface area contributed by atoms with Crippen LogP contribution in [0.4, 0.5) is 0 Å². The third-order valence-electron chi connectivity index (χ3n) is 10.1. The quantitative estimate of drug-likeness (QED) is 0.166. The number of benzene rings is 7. The van der Waals surface area contributed by atoms with Crippen LogP contribution in [0.2, 0.25) is 0 Å². The second-order valence-electron chi connectivity index (χ2n) is 13.3. The van der Waals surface area contributed by atoms with Gasteiger partial charge in [0.1, 0.15) is 0 Å². The molecule has 0 unspecified atom stereocenters. The molecule has 7 aromatic carbocycles. The second kappa shape index (κ2) is 10.9. The van der Waals surface area contributed by atoms with Gasteiger partial charge in [-0.3, -0.25) is 0 Å². The Morgan fingerprint density at radius 3 is 1.76 bits per heavy atom. The first-order chi connectivity index (χ1) is 22.3. The van der Waals surface area contributed by atoms with E-state index in [0.29, 0.717) is 0 Å². The zero-order chi connectivity index (χ0) is 31.6. The van der Waals surface area contributed by atoms with E-state index in [1.54, 1.807) is 0 Å². The summed E-state index contributed by atoms with van der Waals surface area (Å²) < 4.78 is 0. The van der Waals surface area contributed by atoms with Crippen LogP contribution in [0.1, 0.15) is 6.92 Å². The molecule has 7 aromatic rings. The van der Waals surface area contributed by atoms with Gasteiger partial charge in [0, 0.05) is 15.2 Å². The minimum atomic E-state index is -1.31. The molecule has 0 aromatic heterocycles. The van der Waals surface area contributed by atoms with Crippen LogP contribution in [0.15, 0.2) is 154 Å². The van der Waals surface area contributed by atoms with Gasteiger partial charge in [-0.15, -0.1) is 0 Å². The van der Waals surface area contributed by atoms with E-state index in [4.69, 9.17) is 0 Å². The molecule has 0 nitrogen and oxygen atoms in total. The Morgan fingerprint density at radius 1 is 0.478 bits per heavy atom. The first kappa shape index (κ1) is 29.2. The van der Waals surface area contributed by atoms with Crippen LogP contribution < -0.4 is 0 Å². The van der Waals surface area contributed by atoms with Crippen LogP contribution in [0.3, 0.4) is 0 Å². The molecule has 0 N–H and O–H groups in total. The number of hydrogen-bond donors (Lipinski definition) is 0. The molecule has 1 heterocycles. The third-order valence-corrected chi connectivity index (χ3v) is 16.0. The molecule has 1 aliphatic rings. The maximum atomic E-state index is 2.52. The highest BCUT2D eigenvalue weighted by Crippen LogP contribution is 2.68. The molecule has 0 saturated heterocycles. The van der Waals surface area contributed by atoms with Crippen LogP contribution in [0, 0.1) is 0 Å². The molecule has 0 aliphatic carbocycles. The number of fused-ring (bicyclic) bond motifs is 4. The summed E-state index contributed by atoms with van der Waals surface area (Å²) >= 11 is 0. The lowest BCUT2D eigenvalue weighted by atomic mass is 9.83. The molecule has 8 rings (SSSR count). The molecule has 0 radical (unpaired) electrons. The van der Waals surface area contributed by atoms with Crippen molar-refractivity contribution in [1.29, 1.82) is 0 Å². The zero-order valence-electron chi connectivity index (χ0n) is 27.3. The van der Waals surface area contributed by atoms with E-state index < -0.39 is 20.1 Å². The molecule has 0 spiro atoms. The van der Waals surface area contributed by atoms with E-state index in [1.165, 1.54) is 80.7 Å². The van der Waals surface area contributed by atoms with Gasteiger partial charge in [0.15, 0.2) is 0 Å². The summed E-state index contributed by atoms with van der Waals surface area (Å²) in [4.78, 5) is 4.46. The topological polar surface area (TPSA) is 0 Å². The molecule has 2 heteroatoms. The molecule has 0 saturated carbocycles. The van der Waals surface area contributed by atoms with Gasteiger partial charge in [-0.1, -0.05) is 116 Å². The molecular weight excluding hydrogens is 593 g/mol. The Morgan fingerprint density at radius 2 is 1.07 bits per heavy atom. The minimum Gasteiger partial charge on any atom is -0.220 e. The van der Waals surface area contributed by atoms with Gasteiger partial charge in [0.25, 0.3) is 0 Å². The summed E-state index contributed by atoms with van der Waals surface area (Å²) in [6, 6.07) is 52.6. The van der Waals surface area contributed by atoms with Crippen LogP contribution in [0.5, 0.6) is 0 Å². The van der Waals surface area contributed by atoms with Crippen molar-refractivity contribution >= 4 is 41.6 Å². The normalized spacial score (nSPS) is 14.6. The fourth-order valence-corrected chi connectivity index (χ4v) is 11.5. The lowest BCUT2D eigenvalue weighted by Crippen LogP contribution is -2.08. The molecule has 228 valence electrons. The second-order valence-corrected chi connectivity index (χ2v) is 20.9. The summed E-state index contributed by atoms with van der Waals surface area (Å²) in [5, 5.41) is 5.49. The predicted octanol–water partition coefficient (Wildman–Crippen LogP) is 12.9. The molecule has 0 bridgehead atoms. The van der Waals surface area contributed by atoms with Crippen LogP contribution >= 0.6 is 20.1 Å². The maximum Gasteiger partial charge on any atom is 0.00324 e. The average Bonchev–Trinajstić information content (AvgIpc) is 3.10. The Hall–Kier alpha value is -4.24. The highest BCUT2D eigenvalue weighted by atomic mass is 32.3. The van der Waals surface area contributed by atoms with Crippen molar-refractivity contribution in [3.63, 3.8) is 0 Å². The van der Waals surface area contributed by atoms with Gasteiger partial charge >= 0.3 is 0 Å². The van der Waals surface area contributed by atoms with Crippen molar-refractivity contribution in [1.82, 2.24) is 0 Å². The summed E-state index contributed by atoms with van der Waals surface area (Å²) in [6.45, 7) is 2.35. The van der Waals surface area contributed by atoms with Gasteiger partial charge in [-0.05, 0) is 127 Å². The zero-order valence-corrected chi connectivity index (χ0v) is 28.9. The van der Waals surface area contributed by atoms with E-state index in [2.05, 4.69) is 171 Å². The minimum absolute atomic E-state index is 1.01. The third kappa shape index (κ3) is 4.46. The molecular formula is C44H40S2. The van der Waals surface area contributed by atoms with Crippen molar-refractivity contribution in [2.75, 3.05) is 30.8 Å². The molecule has 1 aliphatic heterocycles. The lowest BCUT2D eigenvalue weighted by Gasteiger charge is -2.41.